The van der Waals surface area contributed by atoms with Crippen molar-refractivity contribution in [3.8, 4) is 23.0 Å². The first-order valence-electron chi connectivity index (χ1n) is 10.1. The van der Waals surface area contributed by atoms with Crippen LogP contribution in [0.5, 0.6) is 0 Å². The van der Waals surface area contributed by atoms with Gasteiger partial charge in [0.25, 0.3) is 5.56 Å². The van der Waals surface area contributed by atoms with Crippen LogP contribution in [0.2, 0.25) is 0 Å². The minimum atomic E-state index is -0.527. The van der Waals surface area contributed by atoms with E-state index in [9.17, 15) is 10.1 Å². The van der Waals surface area contributed by atoms with Gasteiger partial charge in [0.1, 0.15) is 18.0 Å². The summed E-state index contributed by atoms with van der Waals surface area (Å²) in [7, 11) is 0. The second-order valence-corrected chi connectivity index (χ2v) is 7.18. The number of rotatable bonds is 5. The van der Waals surface area contributed by atoms with E-state index in [0.29, 0.717) is 11.3 Å². The number of hydrogen-bond acceptors (Lipinski definition) is 6. The van der Waals surface area contributed by atoms with E-state index in [2.05, 4.69) is 25.5 Å². The Bertz CT molecular complexity index is 1560. The largest absolute Gasteiger partial charge is 0.299 e. The first-order valence-corrected chi connectivity index (χ1v) is 10.1. The normalized spacial score (nSPS) is 11.0. The summed E-state index contributed by atoms with van der Waals surface area (Å²) in [6, 6.07) is 26.8. The number of imidazole rings is 1. The van der Waals surface area contributed by atoms with E-state index in [1.165, 1.54) is 0 Å². The Hall–Kier alpha value is -5.03. The third-order valence-corrected chi connectivity index (χ3v) is 5.09. The van der Waals surface area contributed by atoms with E-state index in [1.807, 2.05) is 77.4 Å². The van der Waals surface area contributed by atoms with Crippen LogP contribution in [0.25, 0.3) is 28.0 Å². The maximum Gasteiger partial charge on any atom is 0.270 e. The summed E-state index contributed by atoms with van der Waals surface area (Å²) in [5, 5.41) is 13.5. The molecule has 0 bridgehead atoms. The van der Waals surface area contributed by atoms with Gasteiger partial charge in [-0.05, 0) is 29.8 Å². The molecule has 0 spiro atoms. The predicted octanol–water partition coefficient (Wildman–Crippen LogP) is 4.09. The number of aromatic amines is 1. The Balaban J connectivity index is 1.36. The summed E-state index contributed by atoms with van der Waals surface area (Å²) in [4.78, 5) is 23.7. The number of H-pyrrole nitrogens is 1. The lowest BCUT2D eigenvalue weighted by molar-refractivity contribution is 1.08. The summed E-state index contributed by atoms with van der Waals surface area (Å²) >= 11 is 0. The number of hydrazone groups is 1. The lowest BCUT2D eigenvalue weighted by atomic mass is 10.1. The summed E-state index contributed by atoms with van der Waals surface area (Å²) in [5.74, 6) is 0.149. The van der Waals surface area contributed by atoms with Crippen LogP contribution < -0.4 is 11.0 Å². The smallest absolute Gasteiger partial charge is 0.270 e. The Labute approximate surface area is 188 Å². The lowest BCUT2D eigenvalue weighted by Crippen LogP contribution is -2.16. The maximum absolute atomic E-state index is 12.3. The highest BCUT2D eigenvalue weighted by molar-refractivity contribution is 5.81. The molecule has 5 rings (SSSR count). The Morgan fingerprint density at radius 3 is 2.55 bits per heavy atom. The molecular formula is C25H17N7O. The number of aromatic nitrogens is 4. The van der Waals surface area contributed by atoms with Gasteiger partial charge in [-0.1, -0.05) is 54.6 Å². The van der Waals surface area contributed by atoms with Crippen molar-refractivity contribution >= 4 is 23.2 Å². The third-order valence-electron chi connectivity index (χ3n) is 5.09. The average Bonchev–Trinajstić information content (AvgIpc) is 3.29. The van der Waals surface area contributed by atoms with Crippen molar-refractivity contribution in [2.75, 3.05) is 5.43 Å². The van der Waals surface area contributed by atoms with Gasteiger partial charge in [-0.15, -0.1) is 0 Å². The number of nitriles is 1. The number of para-hydroxylation sites is 2. The molecule has 0 aliphatic heterocycles. The van der Waals surface area contributed by atoms with Crippen LogP contribution in [0.4, 0.5) is 5.95 Å². The Morgan fingerprint density at radius 1 is 1.00 bits per heavy atom. The summed E-state index contributed by atoms with van der Waals surface area (Å²) in [6.45, 7) is 0. The topological polar surface area (TPSA) is 112 Å². The van der Waals surface area contributed by atoms with E-state index in [1.54, 1.807) is 24.7 Å². The molecule has 8 nitrogen and oxygen atoms in total. The first-order chi connectivity index (χ1) is 16.2. The molecule has 8 heteroatoms. The highest BCUT2D eigenvalue weighted by Crippen LogP contribution is 2.20. The molecule has 0 unspecified atom stereocenters. The Kier molecular flexibility index (Phi) is 5.19. The minimum absolute atomic E-state index is 0.0432. The molecule has 0 aliphatic rings. The number of nitrogens with zero attached hydrogens (tertiary/aromatic N) is 5. The van der Waals surface area contributed by atoms with Crippen LogP contribution in [0.1, 0.15) is 11.1 Å². The highest BCUT2D eigenvalue weighted by Gasteiger charge is 2.12. The number of fused-ring (bicyclic) bond motifs is 1. The Morgan fingerprint density at radius 2 is 1.76 bits per heavy atom. The standard InChI is InChI=1S/C25H17N7O/c26-14-20-23(18-6-2-1-3-7-18)29-25(30-24(20)33)31-28-15-17-10-12-19(13-11-17)32-16-27-21-8-4-5-9-22(21)32/h1-13,15-16H,(H2,29,30,31,33). The fraction of sp³-hybridized carbons (Fsp3) is 0. The fourth-order valence-electron chi connectivity index (χ4n) is 3.49. The second kappa shape index (κ2) is 8.61. The van der Waals surface area contributed by atoms with Crippen LogP contribution >= 0.6 is 0 Å². The molecule has 2 heterocycles. The van der Waals surface area contributed by atoms with Gasteiger partial charge in [0, 0.05) is 11.3 Å². The maximum atomic E-state index is 12.3. The minimum Gasteiger partial charge on any atom is -0.299 e. The van der Waals surface area contributed by atoms with Crippen molar-refractivity contribution in [3.05, 3.63) is 107 Å². The number of benzene rings is 3. The van der Waals surface area contributed by atoms with Crippen molar-refractivity contribution < 1.29 is 0 Å². The molecular weight excluding hydrogens is 414 g/mol. The molecule has 2 aromatic heterocycles. The van der Waals surface area contributed by atoms with Gasteiger partial charge in [-0.3, -0.25) is 14.3 Å². The van der Waals surface area contributed by atoms with Crippen molar-refractivity contribution in [2.24, 2.45) is 5.10 Å². The molecule has 0 radical (unpaired) electrons. The molecule has 2 N–H and O–H groups in total. The van der Waals surface area contributed by atoms with Gasteiger partial charge >= 0.3 is 0 Å². The number of anilines is 1. The third kappa shape index (κ3) is 3.98. The summed E-state index contributed by atoms with van der Waals surface area (Å²) in [5.41, 5.74) is 6.96. The van der Waals surface area contributed by atoms with Crippen LogP contribution in [0.3, 0.4) is 0 Å². The van der Waals surface area contributed by atoms with Crippen molar-refractivity contribution in [1.29, 1.82) is 5.26 Å². The molecule has 0 amide bonds. The van der Waals surface area contributed by atoms with Gasteiger partial charge in [0.05, 0.1) is 22.9 Å². The van der Waals surface area contributed by atoms with E-state index < -0.39 is 5.56 Å². The van der Waals surface area contributed by atoms with Crippen LogP contribution in [-0.2, 0) is 0 Å². The molecule has 3 aromatic carbocycles. The van der Waals surface area contributed by atoms with E-state index in [-0.39, 0.29) is 11.5 Å². The fourth-order valence-corrected chi connectivity index (χ4v) is 3.49. The van der Waals surface area contributed by atoms with E-state index in [4.69, 9.17) is 0 Å². The zero-order chi connectivity index (χ0) is 22.6. The molecule has 0 atom stereocenters. The molecule has 0 aliphatic carbocycles. The van der Waals surface area contributed by atoms with Gasteiger partial charge in [0.15, 0.2) is 0 Å². The average molecular weight is 431 g/mol. The van der Waals surface area contributed by atoms with Crippen molar-refractivity contribution in [3.63, 3.8) is 0 Å². The molecule has 0 saturated carbocycles. The number of nitrogens with one attached hydrogen (secondary N) is 2. The molecule has 5 aromatic rings. The van der Waals surface area contributed by atoms with Gasteiger partial charge in [-0.2, -0.15) is 10.4 Å². The molecule has 0 saturated heterocycles. The van der Waals surface area contributed by atoms with Crippen LogP contribution in [0, 0.1) is 11.3 Å². The predicted molar refractivity (Wildman–Crippen MR) is 127 cm³/mol. The first kappa shape index (κ1) is 19.9. The van der Waals surface area contributed by atoms with E-state index >= 15 is 0 Å². The van der Waals surface area contributed by atoms with Gasteiger partial charge < -0.3 is 0 Å². The van der Waals surface area contributed by atoms with Gasteiger partial charge in [-0.25, -0.2) is 15.4 Å². The zero-order valence-corrected chi connectivity index (χ0v) is 17.3. The highest BCUT2D eigenvalue weighted by atomic mass is 16.1. The van der Waals surface area contributed by atoms with E-state index in [0.717, 1.165) is 22.3 Å². The monoisotopic (exact) mass is 431 g/mol. The number of hydrogen-bond donors (Lipinski definition) is 2. The molecule has 33 heavy (non-hydrogen) atoms. The SMILES string of the molecule is N#Cc1c(-c2ccccc2)nc(NN=Cc2ccc(-n3cnc4ccccc43)cc2)[nH]c1=O. The summed E-state index contributed by atoms with van der Waals surface area (Å²) < 4.78 is 2.02. The van der Waals surface area contributed by atoms with Crippen LogP contribution in [0.15, 0.2) is 95.1 Å². The summed E-state index contributed by atoms with van der Waals surface area (Å²) in [6.07, 6.45) is 3.42. The van der Waals surface area contributed by atoms with Crippen molar-refractivity contribution in [2.45, 2.75) is 0 Å². The molecule has 0 fully saturated rings. The van der Waals surface area contributed by atoms with Gasteiger partial charge in [0.2, 0.25) is 5.95 Å². The molecule has 158 valence electrons. The second-order valence-electron chi connectivity index (χ2n) is 7.18. The zero-order valence-electron chi connectivity index (χ0n) is 17.3. The quantitative estimate of drug-likeness (QED) is 0.321. The lowest BCUT2D eigenvalue weighted by Gasteiger charge is -2.06. The van der Waals surface area contributed by atoms with Crippen molar-refractivity contribution in [1.82, 2.24) is 19.5 Å². The van der Waals surface area contributed by atoms with Crippen LogP contribution in [-0.4, -0.2) is 25.7 Å².